The fraction of sp³-hybridized carbons (Fsp3) is 0.333. The number of hydrogen-bond acceptors (Lipinski definition) is 4. The van der Waals surface area contributed by atoms with Gasteiger partial charge in [-0.05, 0) is 18.6 Å². The Bertz CT molecular complexity index is 464. The first-order valence-electron chi connectivity index (χ1n) is 5.63. The second-order valence-electron chi connectivity index (χ2n) is 3.73. The van der Waals surface area contributed by atoms with Crippen LogP contribution in [0.2, 0.25) is 0 Å². The number of aryl methyl sites for hydroxylation is 1. The van der Waals surface area contributed by atoms with Gasteiger partial charge in [-0.3, -0.25) is 4.68 Å². The van der Waals surface area contributed by atoms with Crippen LogP contribution >= 0.6 is 0 Å². The van der Waals surface area contributed by atoms with Crippen LogP contribution in [0, 0.1) is 0 Å². The lowest BCUT2D eigenvalue weighted by atomic mass is 10.4. The Labute approximate surface area is 100 Å². The average Bonchev–Trinajstić information content (AvgIpc) is 2.74. The van der Waals surface area contributed by atoms with Crippen LogP contribution in [0.3, 0.4) is 0 Å². The fourth-order valence-corrected chi connectivity index (χ4v) is 1.37. The van der Waals surface area contributed by atoms with E-state index in [1.165, 1.54) is 0 Å². The molecule has 90 valence electrons. The van der Waals surface area contributed by atoms with Gasteiger partial charge in [0, 0.05) is 19.3 Å². The highest BCUT2D eigenvalue weighted by atomic mass is 16.5. The van der Waals surface area contributed by atoms with Crippen LogP contribution in [0.4, 0.5) is 11.6 Å². The molecule has 0 fully saturated rings. The lowest BCUT2D eigenvalue weighted by molar-refractivity contribution is 0.316. The molecular formula is C12H16N4O. The second-order valence-corrected chi connectivity index (χ2v) is 3.73. The monoisotopic (exact) mass is 232 g/mol. The maximum atomic E-state index is 5.45. The number of rotatable bonds is 5. The van der Waals surface area contributed by atoms with Gasteiger partial charge in [0.15, 0.2) is 5.82 Å². The summed E-state index contributed by atoms with van der Waals surface area (Å²) in [5.41, 5.74) is 0. The molecule has 0 bridgehead atoms. The van der Waals surface area contributed by atoms with Gasteiger partial charge < -0.3 is 10.1 Å². The predicted molar refractivity (Wildman–Crippen MR) is 66.5 cm³/mol. The van der Waals surface area contributed by atoms with Gasteiger partial charge in [-0.25, -0.2) is 4.98 Å². The zero-order valence-corrected chi connectivity index (χ0v) is 10.1. The molecule has 0 aliphatic rings. The van der Waals surface area contributed by atoms with Crippen molar-refractivity contribution in [2.75, 3.05) is 11.9 Å². The summed E-state index contributed by atoms with van der Waals surface area (Å²) in [6.07, 6.45) is 4.58. The first-order chi connectivity index (χ1) is 8.28. The van der Waals surface area contributed by atoms with Gasteiger partial charge in [0.05, 0.1) is 12.8 Å². The maximum Gasteiger partial charge on any atom is 0.153 e. The molecule has 5 heteroatoms. The summed E-state index contributed by atoms with van der Waals surface area (Å²) in [6.45, 7) is 2.79. The Morgan fingerprint density at radius 1 is 1.29 bits per heavy atom. The van der Waals surface area contributed by atoms with Gasteiger partial charge in [0.2, 0.25) is 0 Å². The molecule has 0 spiro atoms. The highest BCUT2D eigenvalue weighted by Crippen LogP contribution is 2.15. The van der Waals surface area contributed by atoms with E-state index in [-0.39, 0.29) is 0 Å². The summed E-state index contributed by atoms with van der Waals surface area (Å²) in [6, 6.07) is 5.66. The minimum atomic E-state index is 0.717. The number of aromatic nitrogens is 3. The van der Waals surface area contributed by atoms with Gasteiger partial charge >= 0.3 is 0 Å². The van der Waals surface area contributed by atoms with E-state index in [1.54, 1.807) is 10.9 Å². The van der Waals surface area contributed by atoms with Gasteiger partial charge in [-0.15, -0.1) is 0 Å². The van der Waals surface area contributed by atoms with Crippen molar-refractivity contribution in [1.82, 2.24) is 14.8 Å². The van der Waals surface area contributed by atoms with Crippen LogP contribution in [0.5, 0.6) is 5.75 Å². The number of hydrogen-bond donors (Lipinski definition) is 1. The zero-order chi connectivity index (χ0) is 12.1. The standard InChI is InChI=1S/C12H16N4O/c1-3-8-17-10-4-5-11(13-9-10)14-12-6-7-16(2)15-12/h4-7,9H,3,8H2,1-2H3,(H,13,14,15). The third kappa shape index (κ3) is 3.21. The summed E-state index contributed by atoms with van der Waals surface area (Å²) in [5, 5.41) is 7.32. The SMILES string of the molecule is CCCOc1ccc(Nc2ccn(C)n2)nc1. The van der Waals surface area contributed by atoms with E-state index in [9.17, 15) is 0 Å². The van der Waals surface area contributed by atoms with Crippen molar-refractivity contribution >= 4 is 11.6 Å². The highest BCUT2D eigenvalue weighted by molar-refractivity contribution is 5.51. The quantitative estimate of drug-likeness (QED) is 0.859. The highest BCUT2D eigenvalue weighted by Gasteiger charge is 1.99. The van der Waals surface area contributed by atoms with Crippen LogP contribution in [-0.4, -0.2) is 21.4 Å². The number of pyridine rings is 1. The second kappa shape index (κ2) is 5.34. The van der Waals surface area contributed by atoms with E-state index in [1.807, 2.05) is 31.4 Å². The molecule has 0 unspecified atom stereocenters. The van der Waals surface area contributed by atoms with Gasteiger partial charge in [0.1, 0.15) is 11.6 Å². The molecule has 2 rings (SSSR count). The number of ether oxygens (including phenoxy) is 1. The van der Waals surface area contributed by atoms with E-state index in [0.29, 0.717) is 6.61 Å². The minimum absolute atomic E-state index is 0.717. The Balaban J connectivity index is 1.98. The zero-order valence-electron chi connectivity index (χ0n) is 10.1. The molecule has 1 N–H and O–H groups in total. The van der Waals surface area contributed by atoms with Crippen LogP contribution < -0.4 is 10.1 Å². The summed E-state index contributed by atoms with van der Waals surface area (Å²) < 4.78 is 7.19. The summed E-state index contributed by atoms with van der Waals surface area (Å²) in [4.78, 5) is 4.25. The molecule has 0 amide bonds. The fourth-order valence-electron chi connectivity index (χ4n) is 1.37. The van der Waals surface area contributed by atoms with Crippen molar-refractivity contribution < 1.29 is 4.74 Å². The molecule has 0 radical (unpaired) electrons. The van der Waals surface area contributed by atoms with Crippen LogP contribution in [0.25, 0.3) is 0 Å². The van der Waals surface area contributed by atoms with E-state index < -0.39 is 0 Å². The Morgan fingerprint density at radius 2 is 2.18 bits per heavy atom. The van der Waals surface area contributed by atoms with Gasteiger partial charge in [0.25, 0.3) is 0 Å². The molecular weight excluding hydrogens is 216 g/mol. The van der Waals surface area contributed by atoms with Crippen LogP contribution in [-0.2, 0) is 7.05 Å². The predicted octanol–water partition coefficient (Wildman–Crippen LogP) is 2.35. The third-order valence-electron chi connectivity index (χ3n) is 2.18. The van der Waals surface area contributed by atoms with Crippen molar-refractivity contribution in [3.8, 4) is 5.75 Å². The first-order valence-corrected chi connectivity index (χ1v) is 5.63. The molecule has 17 heavy (non-hydrogen) atoms. The van der Waals surface area contributed by atoms with E-state index >= 15 is 0 Å². The molecule has 0 saturated heterocycles. The lowest BCUT2D eigenvalue weighted by Gasteiger charge is -2.05. The van der Waals surface area contributed by atoms with Crippen molar-refractivity contribution in [1.29, 1.82) is 0 Å². The molecule has 0 atom stereocenters. The lowest BCUT2D eigenvalue weighted by Crippen LogP contribution is -1.98. The molecule has 0 aromatic carbocycles. The first kappa shape index (κ1) is 11.4. The summed E-state index contributed by atoms with van der Waals surface area (Å²) in [7, 11) is 1.88. The topological polar surface area (TPSA) is 52.0 Å². The van der Waals surface area contributed by atoms with Gasteiger partial charge in [-0.1, -0.05) is 6.92 Å². The Hall–Kier alpha value is -2.04. The number of nitrogens with one attached hydrogen (secondary N) is 1. The Morgan fingerprint density at radius 3 is 2.76 bits per heavy atom. The number of anilines is 2. The number of nitrogens with zero attached hydrogens (tertiary/aromatic N) is 3. The van der Waals surface area contributed by atoms with Crippen LogP contribution in [0.15, 0.2) is 30.6 Å². The van der Waals surface area contributed by atoms with E-state index in [0.717, 1.165) is 23.8 Å². The summed E-state index contributed by atoms with van der Waals surface area (Å²) >= 11 is 0. The van der Waals surface area contributed by atoms with E-state index in [4.69, 9.17) is 4.74 Å². The van der Waals surface area contributed by atoms with Crippen molar-refractivity contribution in [2.45, 2.75) is 13.3 Å². The van der Waals surface area contributed by atoms with Crippen LogP contribution in [0.1, 0.15) is 13.3 Å². The van der Waals surface area contributed by atoms with Gasteiger partial charge in [-0.2, -0.15) is 5.10 Å². The molecule has 2 aromatic heterocycles. The summed E-state index contributed by atoms with van der Waals surface area (Å²) in [5.74, 6) is 2.33. The Kier molecular flexibility index (Phi) is 3.59. The molecule has 0 aliphatic heterocycles. The average molecular weight is 232 g/mol. The molecule has 5 nitrogen and oxygen atoms in total. The molecule has 0 aliphatic carbocycles. The molecule has 2 aromatic rings. The van der Waals surface area contributed by atoms with Crippen molar-refractivity contribution in [3.05, 3.63) is 30.6 Å². The third-order valence-corrected chi connectivity index (χ3v) is 2.18. The maximum absolute atomic E-state index is 5.45. The normalized spacial score (nSPS) is 10.2. The molecule has 0 saturated carbocycles. The van der Waals surface area contributed by atoms with Crippen molar-refractivity contribution in [2.24, 2.45) is 7.05 Å². The smallest absolute Gasteiger partial charge is 0.153 e. The van der Waals surface area contributed by atoms with E-state index in [2.05, 4.69) is 22.3 Å². The molecule has 2 heterocycles. The largest absolute Gasteiger partial charge is 0.492 e. The van der Waals surface area contributed by atoms with Crippen molar-refractivity contribution in [3.63, 3.8) is 0 Å². The minimum Gasteiger partial charge on any atom is -0.492 e.